The summed E-state index contributed by atoms with van der Waals surface area (Å²) < 4.78 is 2.04. The summed E-state index contributed by atoms with van der Waals surface area (Å²) in [6.45, 7) is 0.785. The van der Waals surface area contributed by atoms with Gasteiger partial charge in [-0.1, -0.05) is 24.3 Å². The van der Waals surface area contributed by atoms with Gasteiger partial charge in [0.2, 0.25) is 0 Å². The minimum absolute atomic E-state index is 0.452. The summed E-state index contributed by atoms with van der Waals surface area (Å²) in [6.07, 6.45) is 4.18. The topological polar surface area (TPSA) is 24.9 Å². The number of nitrogens with zero attached hydrogens (tertiary/aromatic N) is 1. The van der Waals surface area contributed by atoms with E-state index in [0.29, 0.717) is 6.04 Å². The van der Waals surface area contributed by atoms with Crippen LogP contribution in [0.2, 0.25) is 0 Å². The average molecular weight is 382 g/mol. The molecule has 1 aliphatic rings. The Hall–Kier alpha value is -0.710. The fourth-order valence-electron chi connectivity index (χ4n) is 2.56. The molecule has 1 aliphatic carbocycles. The maximum absolute atomic E-state index is 4.44. The molecule has 2 aromatic rings. The van der Waals surface area contributed by atoms with Crippen molar-refractivity contribution in [1.82, 2.24) is 10.3 Å². The molecular weight excluding hydrogens is 368 g/mol. The predicted octanol–water partition coefficient (Wildman–Crippen LogP) is 4.38. The van der Waals surface area contributed by atoms with Gasteiger partial charge in [-0.25, -0.2) is 0 Å². The van der Waals surface area contributed by atoms with Gasteiger partial charge in [-0.3, -0.25) is 4.98 Å². The smallest absolute Gasteiger partial charge is 0.0684 e. The first-order chi connectivity index (χ1) is 9.24. The summed E-state index contributed by atoms with van der Waals surface area (Å²) in [7, 11) is 0. The van der Waals surface area contributed by atoms with Crippen LogP contribution in [0.4, 0.5) is 0 Å². The van der Waals surface area contributed by atoms with E-state index in [9.17, 15) is 0 Å². The summed E-state index contributed by atoms with van der Waals surface area (Å²) in [5.41, 5.74) is 3.96. The lowest BCUT2D eigenvalue weighted by molar-refractivity contribution is 0.524. The number of halogens is 2. The Morgan fingerprint density at radius 3 is 2.95 bits per heavy atom. The highest BCUT2D eigenvalue weighted by Gasteiger charge is 2.21. The molecule has 2 nitrogen and oxygen atoms in total. The Balaban J connectivity index is 1.71. The zero-order valence-corrected chi connectivity index (χ0v) is 13.5. The van der Waals surface area contributed by atoms with E-state index in [1.54, 1.807) is 0 Å². The van der Waals surface area contributed by atoms with Crippen molar-refractivity contribution in [3.05, 3.63) is 62.3 Å². The van der Waals surface area contributed by atoms with Crippen molar-refractivity contribution in [2.24, 2.45) is 0 Å². The molecule has 98 valence electrons. The van der Waals surface area contributed by atoms with Gasteiger partial charge in [-0.05, 0) is 61.9 Å². The monoisotopic (exact) mass is 380 g/mol. The number of hydrogen-bond acceptors (Lipinski definition) is 2. The molecule has 1 N–H and O–H groups in total. The molecule has 0 saturated heterocycles. The number of pyridine rings is 1. The lowest BCUT2D eigenvalue weighted by Gasteiger charge is -2.14. The largest absolute Gasteiger partial charge is 0.304 e. The quantitative estimate of drug-likeness (QED) is 0.852. The summed E-state index contributed by atoms with van der Waals surface area (Å²) in [4.78, 5) is 4.44. The van der Waals surface area contributed by atoms with E-state index in [4.69, 9.17) is 0 Å². The molecule has 1 heterocycles. The summed E-state index contributed by atoms with van der Waals surface area (Å²) in [5, 5.41) is 3.61. The van der Waals surface area contributed by atoms with Crippen LogP contribution in [0.5, 0.6) is 0 Å². The van der Waals surface area contributed by atoms with Gasteiger partial charge in [0.15, 0.2) is 0 Å². The van der Waals surface area contributed by atoms with Gasteiger partial charge in [0.1, 0.15) is 0 Å². The second-order valence-electron chi connectivity index (χ2n) is 4.75. The number of fused-ring (bicyclic) bond motifs is 1. The van der Waals surface area contributed by atoms with E-state index in [1.807, 2.05) is 12.3 Å². The third kappa shape index (κ3) is 2.91. The van der Waals surface area contributed by atoms with Crippen molar-refractivity contribution in [1.29, 1.82) is 0 Å². The van der Waals surface area contributed by atoms with Crippen molar-refractivity contribution in [3.8, 4) is 0 Å². The molecule has 0 amide bonds. The third-order valence-corrected chi connectivity index (χ3v) is 4.65. The highest BCUT2D eigenvalue weighted by atomic mass is 79.9. The lowest BCUT2D eigenvalue weighted by atomic mass is 10.1. The van der Waals surface area contributed by atoms with Crippen LogP contribution < -0.4 is 5.32 Å². The highest BCUT2D eigenvalue weighted by Crippen LogP contribution is 2.31. The lowest BCUT2D eigenvalue weighted by Crippen LogP contribution is -2.19. The zero-order valence-electron chi connectivity index (χ0n) is 10.4. The van der Waals surface area contributed by atoms with E-state index < -0.39 is 0 Å². The Morgan fingerprint density at radius 2 is 2.11 bits per heavy atom. The molecule has 0 spiro atoms. The van der Waals surface area contributed by atoms with Crippen LogP contribution in [0.15, 0.2) is 45.5 Å². The SMILES string of the molecule is Brc1cnc(CNC2CCc3ccccc32)c(Br)c1. The molecular formula is C15H14Br2N2. The van der Waals surface area contributed by atoms with Crippen molar-refractivity contribution >= 4 is 31.9 Å². The fourth-order valence-corrected chi connectivity index (χ4v) is 3.69. The predicted molar refractivity (Wildman–Crippen MR) is 84.0 cm³/mol. The first-order valence-electron chi connectivity index (χ1n) is 6.35. The van der Waals surface area contributed by atoms with Crippen molar-refractivity contribution < 1.29 is 0 Å². The number of benzene rings is 1. The molecule has 0 fully saturated rings. The molecule has 1 aromatic heterocycles. The summed E-state index contributed by atoms with van der Waals surface area (Å²) in [5.74, 6) is 0. The van der Waals surface area contributed by atoms with Crippen LogP contribution >= 0.6 is 31.9 Å². The minimum atomic E-state index is 0.452. The van der Waals surface area contributed by atoms with Gasteiger partial charge in [0.25, 0.3) is 0 Å². The normalized spacial score (nSPS) is 17.5. The summed E-state index contributed by atoms with van der Waals surface area (Å²) >= 11 is 6.98. The fraction of sp³-hybridized carbons (Fsp3) is 0.267. The van der Waals surface area contributed by atoms with E-state index in [2.05, 4.69) is 66.4 Å². The Kier molecular flexibility index (Phi) is 4.01. The van der Waals surface area contributed by atoms with Crippen LogP contribution in [0, 0.1) is 0 Å². The van der Waals surface area contributed by atoms with Crippen LogP contribution in [-0.4, -0.2) is 4.98 Å². The van der Waals surface area contributed by atoms with Crippen LogP contribution in [-0.2, 0) is 13.0 Å². The van der Waals surface area contributed by atoms with E-state index in [0.717, 1.165) is 21.2 Å². The molecule has 0 radical (unpaired) electrons. The van der Waals surface area contributed by atoms with Gasteiger partial charge >= 0.3 is 0 Å². The van der Waals surface area contributed by atoms with Gasteiger partial charge in [0, 0.05) is 27.7 Å². The number of rotatable bonds is 3. The van der Waals surface area contributed by atoms with Gasteiger partial charge in [-0.2, -0.15) is 0 Å². The number of aryl methyl sites for hydroxylation is 1. The maximum atomic E-state index is 4.44. The van der Waals surface area contributed by atoms with Crippen LogP contribution in [0.3, 0.4) is 0 Å². The Morgan fingerprint density at radius 1 is 1.26 bits per heavy atom. The van der Waals surface area contributed by atoms with Crippen molar-refractivity contribution in [3.63, 3.8) is 0 Å². The first kappa shape index (κ1) is 13.3. The number of hydrogen-bond donors (Lipinski definition) is 1. The van der Waals surface area contributed by atoms with E-state index in [1.165, 1.54) is 24.0 Å². The second-order valence-corrected chi connectivity index (χ2v) is 6.52. The first-order valence-corrected chi connectivity index (χ1v) is 7.94. The van der Waals surface area contributed by atoms with Gasteiger partial charge in [-0.15, -0.1) is 0 Å². The van der Waals surface area contributed by atoms with Crippen LogP contribution in [0.1, 0.15) is 29.3 Å². The van der Waals surface area contributed by atoms with Crippen LogP contribution in [0.25, 0.3) is 0 Å². The average Bonchev–Trinajstić information content (AvgIpc) is 2.81. The van der Waals surface area contributed by atoms with Crippen molar-refractivity contribution in [2.75, 3.05) is 0 Å². The molecule has 1 unspecified atom stereocenters. The molecule has 4 heteroatoms. The van der Waals surface area contributed by atoms with Gasteiger partial charge < -0.3 is 5.32 Å². The molecule has 1 aromatic carbocycles. The van der Waals surface area contributed by atoms with Gasteiger partial charge in [0.05, 0.1) is 5.69 Å². The Bertz CT molecular complexity index is 598. The Labute approximate surface area is 129 Å². The van der Waals surface area contributed by atoms with E-state index in [-0.39, 0.29) is 0 Å². The molecule has 3 rings (SSSR count). The third-order valence-electron chi connectivity index (χ3n) is 3.53. The number of nitrogens with one attached hydrogen (secondary N) is 1. The molecule has 19 heavy (non-hydrogen) atoms. The molecule has 0 aliphatic heterocycles. The number of aromatic nitrogens is 1. The maximum Gasteiger partial charge on any atom is 0.0684 e. The van der Waals surface area contributed by atoms with E-state index >= 15 is 0 Å². The highest BCUT2D eigenvalue weighted by molar-refractivity contribution is 9.11. The molecule has 1 atom stereocenters. The summed E-state index contributed by atoms with van der Waals surface area (Å²) in [6, 6.07) is 11.2. The standard InChI is InChI=1S/C15H14Br2N2/c16-11-7-13(17)15(18-8-11)9-19-14-6-5-10-3-1-2-4-12(10)14/h1-4,7-8,14,19H,5-6,9H2. The molecule has 0 bridgehead atoms. The van der Waals surface area contributed by atoms with Crippen molar-refractivity contribution in [2.45, 2.75) is 25.4 Å². The zero-order chi connectivity index (χ0) is 13.2. The molecule has 0 saturated carbocycles. The second kappa shape index (κ2) is 5.73. The minimum Gasteiger partial charge on any atom is -0.304 e.